The second-order valence-corrected chi connectivity index (χ2v) is 11.6. The van der Waals surface area contributed by atoms with Gasteiger partial charge in [0.05, 0.1) is 7.11 Å². The van der Waals surface area contributed by atoms with Gasteiger partial charge >= 0.3 is 5.97 Å². The number of nitrogens with zero attached hydrogens (tertiary/aromatic N) is 1. The lowest BCUT2D eigenvalue weighted by atomic mass is 9.91. The third-order valence-electron chi connectivity index (χ3n) is 8.14. The molecular formula is C31H61NO2. The first kappa shape index (κ1) is 31.5. The van der Waals surface area contributed by atoms with E-state index >= 15 is 0 Å². The second-order valence-electron chi connectivity index (χ2n) is 11.6. The fraction of sp³-hybridized carbons (Fsp3) is 0.968. The van der Waals surface area contributed by atoms with Gasteiger partial charge in [0.1, 0.15) is 0 Å². The van der Waals surface area contributed by atoms with Crippen LogP contribution < -0.4 is 0 Å². The average Bonchev–Trinajstić information content (AvgIpc) is 3.58. The molecule has 0 bridgehead atoms. The van der Waals surface area contributed by atoms with Gasteiger partial charge in [-0.25, -0.2) is 0 Å². The van der Waals surface area contributed by atoms with Crippen molar-refractivity contribution >= 4 is 5.97 Å². The van der Waals surface area contributed by atoms with Crippen molar-refractivity contribution in [3.63, 3.8) is 0 Å². The number of hydrogen-bond acceptors (Lipinski definition) is 3. The van der Waals surface area contributed by atoms with Crippen LogP contribution in [0.1, 0.15) is 148 Å². The van der Waals surface area contributed by atoms with Crippen molar-refractivity contribution < 1.29 is 9.53 Å². The van der Waals surface area contributed by atoms with E-state index in [1.54, 1.807) is 0 Å². The minimum absolute atomic E-state index is 0.0572. The van der Waals surface area contributed by atoms with Gasteiger partial charge in [0.25, 0.3) is 0 Å². The molecule has 0 aromatic rings. The molecule has 3 nitrogen and oxygen atoms in total. The zero-order valence-corrected chi connectivity index (χ0v) is 23.8. The van der Waals surface area contributed by atoms with Crippen LogP contribution in [-0.2, 0) is 9.53 Å². The maximum atomic E-state index is 11.1. The van der Waals surface area contributed by atoms with E-state index in [9.17, 15) is 4.79 Å². The van der Waals surface area contributed by atoms with Gasteiger partial charge in [-0.2, -0.15) is 0 Å². The third-order valence-corrected chi connectivity index (χ3v) is 8.14. The van der Waals surface area contributed by atoms with E-state index in [1.807, 2.05) is 0 Å². The van der Waals surface area contributed by atoms with Crippen molar-refractivity contribution in [2.24, 2.45) is 17.8 Å². The van der Waals surface area contributed by atoms with Crippen LogP contribution in [0.5, 0.6) is 0 Å². The molecule has 1 fully saturated rings. The lowest BCUT2D eigenvalue weighted by Crippen LogP contribution is -2.17. The molecule has 0 aromatic heterocycles. The molecule has 202 valence electrons. The summed E-state index contributed by atoms with van der Waals surface area (Å²) in [6.45, 7) is 3.57. The van der Waals surface area contributed by atoms with Crippen LogP contribution in [-0.4, -0.2) is 38.6 Å². The first-order valence-corrected chi connectivity index (χ1v) is 15.3. The molecule has 0 heterocycles. The number of methoxy groups -OCH3 is 1. The van der Waals surface area contributed by atoms with E-state index in [4.69, 9.17) is 4.74 Å². The predicted octanol–water partition coefficient (Wildman–Crippen LogP) is 9.19. The minimum atomic E-state index is -0.0572. The summed E-state index contributed by atoms with van der Waals surface area (Å²) in [6.07, 6.45) is 30.0. The summed E-state index contributed by atoms with van der Waals surface area (Å²) in [5.41, 5.74) is 0. The fourth-order valence-electron chi connectivity index (χ4n) is 5.61. The van der Waals surface area contributed by atoms with E-state index in [2.05, 4.69) is 25.9 Å². The summed E-state index contributed by atoms with van der Waals surface area (Å²) < 4.78 is 4.69. The van der Waals surface area contributed by atoms with Crippen LogP contribution in [0, 0.1) is 17.8 Å². The van der Waals surface area contributed by atoms with E-state index in [-0.39, 0.29) is 5.97 Å². The lowest BCUT2D eigenvalue weighted by Gasteiger charge is -2.19. The number of esters is 1. The maximum Gasteiger partial charge on any atom is 0.305 e. The van der Waals surface area contributed by atoms with Crippen LogP contribution in [0.25, 0.3) is 0 Å². The Balaban J connectivity index is 1.89. The molecule has 3 unspecified atom stereocenters. The first-order valence-electron chi connectivity index (χ1n) is 15.3. The Labute approximate surface area is 214 Å². The summed E-state index contributed by atoms with van der Waals surface area (Å²) >= 11 is 0. The topological polar surface area (TPSA) is 29.5 Å². The van der Waals surface area contributed by atoms with Crippen LogP contribution >= 0.6 is 0 Å². The molecular weight excluding hydrogens is 418 g/mol. The van der Waals surface area contributed by atoms with Crippen LogP contribution in [0.3, 0.4) is 0 Å². The smallest absolute Gasteiger partial charge is 0.305 e. The Morgan fingerprint density at radius 1 is 0.735 bits per heavy atom. The SMILES string of the molecule is CCCCCCC(CCCCCCCCC1CC1CCCCCCCC(=O)OC)CCN(C)C. The summed E-state index contributed by atoms with van der Waals surface area (Å²) in [5.74, 6) is 3.01. The highest BCUT2D eigenvalue weighted by Crippen LogP contribution is 2.45. The molecule has 0 spiro atoms. The molecule has 0 N–H and O–H groups in total. The third kappa shape index (κ3) is 18.7. The number of hydrogen-bond donors (Lipinski definition) is 0. The molecule has 0 radical (unpaired) electrons. The van der Waals surface area contributed by atoms with Crippen molar-refractivity contribution in [1.82, 2.24) is 4.90 Å². The van der Waals surface area contributed by atoms with E-state index in [0.717, 1.165) is 24.2 Å². The van der Waals surface area contributed by atoms with E-state index < -0.39 is 0 Å². The zero-order valence-electron chi connectivity index (χ0n) is 23.8. The Hall–Kier alpha value is -0.570. The van der Waals surface area contributed by atoms with Gasteiger partial charge in [-0.1, -0.05) is 122 Å². The van der Waals surface area contributed by atoms with E-state index in [0.29, 0.717) is 6.42 Å². The maximum absolute atomic E-state index is 11.1. The van der Waals surface area contributed by atoms with Gasteiger partial charge in [0.15, 0.2) is 0 Å². The Morgan fingerprint density at radius 2 is 1.24 bits per heavy atom. The molecule has 0 aliphatic heterocycles. The molecule has 3 heteroatoms. The summed E-state index contributed by atoms with van der Waals surface area (Å²) in [5, 5.41) is 0. The van der Waals surface area contributed by atoms with Gasteiger partial charge in [-0.05, 0) is 57.7 Å². The molecule has 0 aromatic carbocycles. The van der Waals surface area contributed by atoms with Crippen LogP contribution in [0.2, 0.25) is 0 Å². The summed E-state index contributed by atoms with van der Waals surface area (Å²) in [4.78, 5) is 13.5. The Kier molecular flexibility index (Phi) is 20.1. The van der Waals surface area contributed by atoms with Crippen molar-refractivity contribution in [3.05, 3.63) is 0 Å². The highest BCUT2D eigenvalue weighted by atomic mass is 16.5. The van der Waals surface area contributed by atoms with Gasteiger partial charge < -0.3 is 9.64 Å². The average molecular weight is 480 g/mol. The van der Waals surface area contributed by atoms with Gasteiger partial charge in [0.2, 0.25) is 0 Å². The van der Waals surface area contributed by atoms with Crippen molar-refractivity contribution in [2.45, 2.75) is 148 Å². The Bertz CT molecular complexity index is 464. The summed E-state index contributed by atoms with van der Waals surface area (Å²) in [6, 6.07) is 0. The standard InChI is InChI=1S/C31H61NO2/c1-5-6-7-15-20-28(25-26-32(2)3)21-16-11-8-9-12-17-22-29-27-30(29)23-18-13-10-14-19-24-31(33)34-4/h28-30H,5-27H2,1-4H3. The lowest BCUT2D eigenvalue weighted by molar-refractivity contribution is -0.140. The number of ether oxygens (including phenoxy) is 1. The van der Waals surface area contributed by atoms with Crippen molar-refractivity contribution in [3.8, 4) is 0 Å². The van der Waals surface area contributed by atoms with Crippen LogP contribution in [0.15, 0.2) is 0 Å². The molecule has 34 heavy (non-hydrogen) atoms. The molecule has 1 rings (SSSR count). The van der Waals surface area contributed by atoms with Gasteiger partial charge in [-0.15, -0.1) is 0 Å². The van der Waals surface area contributed by atoms with Crippen LogP contribution in [0.4, 0.5) is 0 Å². The molecule has 1 saturated carbocycles. The fourth-order valence-corrected chi connectivity index (χ4v) is 5.61. The quantitative estimate of drug-likeness (QED) is 0.0965. The molecule has 0 saturated heterocycles. The molecule has 3 atom stereocenters. The number of carbonyl (C=O) groups excluding carboxylic acids is 1. The molecule has 1 aliphatic rings. The predicted molar refractivity (Wildman–Crippen MR) is 148 cm³/mol. The first-order chi connectivity index (χ1) is 16.6. The highest BCUT2D eigenvalue weighted by molar-refractivity contribution is 5.68. The van der Waals surface area contributed by atoms with E-state index in [1.165, 1.54) is 142 Å². The van der Waals surface area contributed by atoms with Crippen molar-refractivity contribution in [1.29, 1.82) is 0 Å². The molecule has 1 aliphatic carbocycles. The second kappa shape index (κ2) is 21.7. The summed E-state index contributed by atoms with van der Waals surface area (Å²) in [7, 11) is 5.92. The monoisotopic (exact) mass is 479 g/mol. The Morgan fingerprint density at radius 3 is 1.76 bits per heavy atom. The van der Waals surface area contributed by atoms with Gasteiger partial charge in [0, 0.05) is 6.42 Å². The minimum Gasteiger partial charge on any atom is -0.469 e. The zero-order chi connectivity index (χ0) is 24.9. The van der Waals surface area contributed by atoms with Crippen molar-refractivity contribution in [2.75, 3.05) is 27.7 Å². The normalized spacial score (nSPS) is 18.4. The van der Waals surface area contributed by atoms with Gasteiger partial charge in [-0.3, -0.25) is 4.79 Å². The highest BCUT2D eigenvalue weighted by Gasteiger charge is 2.34. The molecule has 0 amide bonds. The largest absolute Gasteiger partial charge is 0.469 e. The number of rotatable bonds is 25. The number of unbranched alkanes of at least 4 members (excludes halogenated alkanes) is 12. The number of carbonyl (C=O) groups is 1.